The normalized spacial score (nSPS) is 11.5. The highest BCUT2D eigenvalue weighted by atomic mass is 16.5. The van der Waals surface area contributed by atoms with Crippen LogP contribution in [0, 0.1) is 0 Å². The zero-order valence-corrected chi connectivity index (χ0v) is 12.3. The van der Waals surface area contributed by atoms with Crippen molar-refractivity contribution in [3.05, 3.63) is 0 Å². The molecule has 0 aromatic carbocycles. The SMILES string of the molecule is CCC(C)(CC)Nc1nc(NN)nc(OC(C)C)n1. The molecule has 0 fully saturated rings. The van der Waals surface area contributed by atoms with Crippen LogP contribution in [0.25, 0.3) is 0 Å². The van der Waals surface area contributed by atoms with Crippen LogP contribution in [0.15, 0.2) is 0 Å². The number of nitrogens with one attached hydrogen (secondary N) is 2. The Morgan fingerprint density at radius 3 is 2.21 bits per heavy atom. The Labute approximate surface area is 114 Å². The third-order valence-electron chi connectivity index (χ3n) is 3.06. The van der Waals surface area contributed by atoms with Crippen LogP contribution in [0.5, 0.6) is 6.01 Å². The van der Waals surface area contributed by atoms with Gasteiger partial charge in [-0.15, -0.1) is 0 Å². The minimum Gasteiger partial charge on any atom is -0.461 e. The molecule has 1 heterocycles. The van der Waals surface area contributed by atoms with E-state index >= 15 is 0 Å². The fourth-order valence-corrected chi connectivity index (χ4v) is 1.44. The molecule has 108 valence electrons. The summed E-state index contributed by atoms with van der Waals surface area (Å²) in [7, 11) is 0. The van der Waals surface area contributed by atoms with E-state index in [4.69, 9.17) is 10.6 Å². The molecule has 7 nitrogen and oxygen atoms in total. The van der Waals surface area contributed by atoms with Gasteiger partial charge in [-0.25, -0.2) is 5.84 Å². The van der Waals surface area contributed by atoms with Crippen LogP contribution in [0.3, 0.4) is 0 Å². The molecule has 0 amide bonds. The van der Waals surface area contributed by atoms with E-state index in [0.717, 1.165) is 12.8 Å². The van der Waals surface area contributed by atoms with E-state index in [2.05, 4.69) is 46.5 Å². The second-order valence-electron chi connectivity index (χ2n) is 4.97. The van der Waals surface area contributed by atoms with Crippen LogP contribution in [0.2, 0.25) is 0 Å². The minimum atomic E-state index is -0.0671. The van der Waals surface area contributed by atoms with Crippen LogP contribution in [-0.4, -0.2) is 26.6 Å². The smallest absolute Gasteiger partial charge is 0.323 e. The number of aromatic nitrogens is 3. The second kappa shape index (κ2) is 6.51. The largest absolute Gasteiger partial charge is 0.461 e. The van der Waals surface area contributed by atoms with E-state index in [0.29, 0.717) is 5.95 Å². The van der Waals surface area contributed by atoms with Crippen molar-refractivity contribution in [2.45, 2.75) is 59.1 Å². The Kier molecular flexibility index (Phi) is 5.29. The molecule has 0 aliphatic rings. The van der Waals surface area contributed by atoms with Crippen LogP contribution < -0.4 is 21.3 Å². The summed E-state index contributed by atoms with van der Waals surface area (Å²) in [6.07, 6.45) is 1.91. The topological polar surface area (TPSA) is 98.0 Å². The van der Waals surface area contributed by atoms with Crippen molar-refractivity contribution in [3.63, 3.8) is 0 Å². The number of ether oxygens (including phenoxy) is 1. The van der Waals surface area contributed by atoms with Gasteiger partial charge in [0.25, 0.3) is 0 Å². The molecule has 0 bridgehead atoms. The van der Waals surface area contributed by atoms with Crippen molar-refractivity contribution in [2.24, 2.45) is 5.84 Å². The van der Waals surface area contributed by atoms with E-state index < -0.39 is 0 Å². The van der Waals surface area contributed by atoms with Crippen molar-refractivity contribution < 1.29 is 4.74 Å². The molecule has 1 aromatic heterocycles. The molecular formula is C12H24N6O. The lowest BCUT2D eigenvalue weighted by atomic mass is 9.96. The van der Waals surface area contributed by atoms with E-state index in [-0.39, 0.29) is 23.6 Å². The van der Waals surface area contributed by atoms with Crippen LogP contribution >= 0.6 is 0 Å². The Morgan fingerprint density at radius 2 is 1.74 bits per heavy atom. The maximum Gasteiger partial charge on any atom is 0.323 e. The van der Waals surface area contributed by atoms with Gasteiger partial charge in [-0.3, -0.25) is 5.43 Å². The summed E-state index contributed by atoms with van der Waals surface area (Å²) in [6, 6.07) is 0.259. The van der Waals surface area contributed by atoms with Crippen molar-refractivity contribution >= 4 is 11.9 Å². The molecule has 19 heavy (non-hydrogen) atoms. The molecule has 0 unspecified atom stereocenters. The quantitative estimate of drug-likeness (QED) is 0.513. The number of hydrogen-bond donors (Lipinski definition) is 3. The molecule has 0 saturated carbocycles. The summed E-state index contributed by atoms with van der Waals surface area (Å²) < 4.78 is 5.48. The van der Waals surface area contributed by atoms with Gasteiger partial charge in [-0.05, 0) is 33.6 Å². The van der Waals surface area contributed by atoms with E-state index in [1.807, 2.05) is 13.8 Å². The molecule has 0 aliphatic heterocycles. The second-order valence-corrected chi connectivity index (χ2v) is 4.97. The molecule has 0 saturated heterocycles. The lowest BCUT2D eigenvalue weighted by molar-refractivity contribution is 0.222. The maximum atomic E-state index is 5.48. The molecule has 1 rings (SSSR count). The summed E-state index contributed by atoms with van der Waals surface area (Å²) in [5.41, 5.74) is 2.35. The van der Waals surface area contributed by atoms with E-state index in [9.17, 15) is 0 Å². The standard InChI is InChI=1S/C12H24N6O/c1-6-12(5,7-2)17-9-14-10(18-13)16-11(15-9)19-8(3)4/h8H,6-7,13H2,1-5H3,(H2,14,15,16,17,18). The Bertz CT molecular complexity index is 405. The van der Waals surface area contributed by atoms with Gasteiger partial charge in [-0.2, -0.15) is 15.0 Å². The highest BCUT2D eigenvalue weighted by Crippen LogP contribution is 2.21. The van der Waals surface area contributed by atoms with Crippen molar-refractivity contribution in [2.75, 3.05) is 10.7 Å². The van der Waals surface area contributed by atoms with Crippen LogP contribution in [0.1, 0.15) is 47.5 Å². The van der Waals surface area contributed by atoms with Gasteiger partial charge in [0, 0.05) is 5.54 Å². The lowest BCUT2D eigenvalue weighted by Gasteiger charge is -2.28. The molecule has 0 aliphatic carbocycles. The molecule has 1 aromatic rings. The average Bonchev–Trinajstić information content (AvgIpc) is 2.37. The number of nitrogens with two attached hydrogens (primary N) is 1. The number of anilines is 2. The third kappa shape index (κ3) is 4.51. The third-order valence-corrected chi connectivity index (χ3v) is 3.06. The van der Waals surface area contributed by atoms with Gasteiger partial charge in [-0.1, -0.05) is 13.8 Å². The Hall–Kier alpha value is -1.63. The summed E-state index contributed by atoms with van der Waals surface area (Å²) in [4.78, 5) is 12.5. The lowest BCUT2D eigenvalue weighted by Crippen LogP contribution is -2.34. The fourth-order valence-electron chi connectivity index (χ4n) is 1.44. The Balaban J connectivity index is 2.99. The zero-order chi connectivity index (χ0) is 14.5. The maximum absolute atomic E-state index is 5.48. The van der Waals surface area contributed by atoms with Crippen LogP contribution in [0.4, 0.5) is 11.9 Å². The van der Waals surface area contributed by atoms with Gasteiger partial charge < -0.3 is 10.1 Å². The first-order valence-corrected chi connectivity index (χ1v) is 6.60. The Morgan fingerprint density at radius 1 is 1.16 bits per heavy atom. The predicted molar refractivity (Wildman–Crippen MR) is 76.0 cm³/mol. The average molecular weight is 268 g/mol. The van der Waals surface area contributed by atoms with Gasteiger partial charge >= 0.3 is 6.01 Å². The fraction of sp³-hybridized carbons (Fsp3) is 0.750. The first-order valence-electron chi connectivity index (χ1n) is 6.60. The monoisotopic (exact) mass is 268 g/mol. The van der Waals surface area contributed by atoms with E-state index in [1.165, 1.54) is 0 Å². The number of hydrazine groups is 1. The minimum absolute atomic E-state index is 0.00962. The number of hydrogen-bond acceptors (Lipinski definition) is 7. The molecule has 0 atom stereocenters. The molecular weight excluding hydrogens is 244 g/mol. The predicted octanol–water partition coefficient (Wildman–Crippen LogP) is 1.93. The highest BCUT2D eigenvalue weighted by molar-refractivity contribution is 5.37. The molecule has 4 N–H and O–H groups in total. The zero-order valence-electron chi connectivity index (χ0n) is 12.3. The van der Waals surface area contributed by atoms with Gasteiger partial charge in [0.15, 0.2) is 0 Å². The summed E-state index contributed by atoms with van der Waals surface area (Å²) in [6.45, 7) is 10.2. The van der Waals surface area contributed by atoms with Crippen molar-refractivity contribution in [1.29, 1.82) is 0 Å². The van der Waals surface area contributed by atoms with Gasteiger partial charge in [0.1, 0.15) is 0 Å². The summed E-state index contributed by atoms with van der Waals surface area (Å²) >= 11 is 0. The first-order chi connectivity index (χ1) is 8.92. The summed E-state index contributed by atoms with van der Waals surface area (Å²) in [5.74, 6) is 6.10. The number of nitrogen functional groups attached to an aromatic ring is 1. The first kappa shape index (κ1) is 15.4. The van der Waals surface area contributed by atoms with Gasteiger partial charge in [0.05, 0.1) is 6.10 Å². The molecule has 0 spiro atoms. The number of rotatable bonds is 7. The summed E-state index contributed by atoms with van der Waals surface area (Å²) in [5, 5.41) is 3.31. The molecule has 0 radical (unpaired) electrons. The molecule has 7 heteroatoms. The number of nitrogens with zero attached hydrogens (tertiary/aromatic N) is 3. The van der Waals surface area contributed by atoms with E-state index in [1.54, 1.807) is 0 Å². The van der Waals surface area contributed by atoms with Crippen molar-refractivity contribution in [3.8, 4) is 6.01 Å². The highest BCUT2D eigenvalue weighted by Gasteiger charge is 2.21. The van der Waals surface area contributed by atoms with Crippen molar-refractivity contribution in [1.82, 2.24) is 15.0 Å². The van der Waals surface area contributed by atoms with Crippen LogP contribution in [-0.2, 0) is 0 Å². The van der Waals surface area contributed by atoms with Gasteiger partial charge in [0.2, 0.25) is 11.9 Å².